The van der Waals surface area contributed by atoms with Crippen molar-refractivity contribution in [3.05, 3.63) is 34.9 Å². The fraction of sp³-hybridized carbons (Fsp3) is 0.471. The van der Waals surface area contributed by atoms with Crippen molar-refractivity contribution in [2.75, 3.05) is 36.8 Å². The molecule has 6 nitrogen and oxygen atoms in total. The Bertz CT molecular complexity index is 722. The summed E-state index contributed by atoms with van der Waals surface area (Å²) in [6, 6.07) is 6.10. The fourth-order valence-electron chi connectivity index (χ4n) is 3.07. The van der Waals surface area contributed by atoms with Crippen molar-refractivity contribution in [3.8, 4) is 0 Å². The maximum absolute atomic E-state index is 12.8. The number of nitrogens with two attached hydrogens (primary N) is 1. The van der Waals surface area contributed by atoms with E-state index in [4.69, 9.17) is 5.73 Å². The third-order valence-corrected chi connectivity index (χ3v) is 5.27. The predicted molar refractivity (Wildman–Crippen MR) is 97.6 cm³/mol. The molecule has 1 aromatic heterocycles. The lowest BCUT2D eigenvalue weighted by atomic mass is 9.99. The van der Waals surface area contributed by atoms with Crippen LogP contribution >= 0.6 is 11.5 Å². The van der Waals surface area contributed by atoms with Crippen LogP contribution in [0.3, 0.4) is 0 Å². The number of nitrogens with zero attached hydrogens (tertiary/aromatic N) is 4. The summed E-state index contributed by atoms with van der Waals surface area (Å²) in [7, 11) is 0. The minimum absolute atomic E-state index is 0.115. The number of benzene rings is 1. The molecule has 0 unspecified atom stereocenters. The number of carbonyl (C=O) groups is 1. The predicted octanol–water partition coefficient (Wildman–Crippen LogP) is 2.21. The quantitative estimate of drug-likeness (QED) is 0.919. The number of carbonyl (C=O) groups excluding carboxylic acids is 1. The van der Waals surface area contributed by atoms with Gasteiger partial charge in [0.2, 0.25) is 11.1 Å². The minimum Gasteiger partial charge on any atom is -0.367 e. The number of aromatic nitrogens is 2. The van der Waals surface area contributed by atoms with Crippen LogP contribution in [0.25, 0.3) is 0 Å². The van der Waals surface area contributed by atoms with Gasteiger partial charge in [-0.25, -0.2) is 0 Å². The molecule has 0 aliphatic carbocycles. The molecule has 0 spiro atoms. The van der Waals surface area contributed by atoms with Crippen LogP contribution in [0.4, 0.5) is 11.1 Å². The Hall–Kier alpha value is -2.15. The number of amides is 1. The van der Waals surface area contributed by atoms with E-state index in [1.54, 1.807) is 0 Å². The number of anilines is 2. The molecule has 0 bridgehead atoms. The molecule has 2 heterocycles. The lowest BCUT2D eigenvalue weighted by Crippen LogP contribution is -2.48. The highest BCUT2D eigenvalue weighted by Gasteiger charge is 2.24. The summed E-state index contributed by atoms with van der Waals surface area (Å²) in [5.74, 6) is 0.431. The normalized spacial score (nSPS) is 14.9. The molecule has 1 aromatic carbocycles. The van der Waals surface area contributed by atoms with E-state index in [0.717, 1.165) is 36.6 Å². The summed E-state index contributed by atoms with van der Waals surface area (Å²) in [6.45, 7) is 7.18. The second-order valence-corrected chi connectivity index (χ2v) is 6.64. The van der Waals surface area contributed by atoms with E-state index < -0.39 is 0 Å². The molecule has 7 heteroatoms. The Morgan fingerprint density at radius 1 is 1.17 bits per heavy atom. The van der Waals surface area contributed by atoms with Crippen LogP contribution in [0.2, 0.25) is 0 Å². The van der Waals surface area contributed by atoms with E-state index >= 15 is 0 Å². The molecule has 128 valence electrons. The van der Waals surface area contributed by atoms with Crippen LogP contribution in [-0.2, 0) is 12.8 Å². The maximum atomic E-state index is 12.8. The van der Waals surface area contributed by atoms with Crippen molar-refractivity contribution in [1.29, 1.82) is 0 Å². The van der Waals surface area contributed by atoms with E-state index in [0.29, 0.717) is 19.0 Å². The topological polar surface area (TPSA) is 75.4 Å². The van der Waals surface area contributed by atoms with Crippen molar-refractivity contribution >= 4 is 28.5 Å². The second kappa shape index (κ2) is 7.17. The Kier molecular flexibility index (Phi) is 4.99. The average molecular weight is 345 g/mol. The van der Waals surface area contributed by atoms with Gasteiger partial charge < -0.3 is 15.5 Å². The minimum atomic E-state index is 0.115. The first-order chi connectivity index (χ1) is 11.6. The van der Waals surface area contributed by atoms with E-state index in [-0.39, 0.29) is 5.91 Å². The summed E-state index contributed by atoms with van der Waals surface area (Å²) in [5, 5.41) is 0.833. The SMILES string of the molecule is CCc1ccc(C(=O)N2CCN(c3nc(N)ns3)CC2)cc1CC. The Morgan fingerprint density at radius 3 is 2.46 bits per heavy atom. The van der Waals surface area contributed by atoms with Gasteiger partial charge in [-0.3, -0.25) is 4.79 Å². The van der Waals surface area contributed by atoms with Crippen molar-refractivity contribution in [2.45, 2.75) is 26.7 Å². The highest BCUT2D eigenvalue weighted by atomic mass is 32.1. The lowest BCUT2D eigenvalue weighted by Gasteiger charge is -2.34. The standard InChI is InChI=1S/C17H23N5OS/c1-3-12-5-6-14(11-13(12)4-2)15(23)21-7-9-22(10-8-21)17-19-16(18)20-24-17/h5-6,11H,3-4,7-10H2,1-2H3,(H2,18,20). The molecule has 3 rings (SSSR count). The largest absolute Gasteiger partial charge is 0.367 e. The van der Waals surface area contributed by atoms with Gasteiger partial charge in [0.1, 0.15) is 0 Å². The molecule has 1 aliphatic rings. The van der Waals surface area contributed by atoms with Crippen LogP contribution < -0.4 is 10.6 Å². The van der Waals surface area contributed by atoms with Gasteiger partial charge in [-0.1, -0.05) is 19.9 Å². The zero-order valence-corrected chi connectivity index (χ0v) is 15.0. The number of piperazine rings is 1. The first-order valence-electron chi connectivity index (χ1n) is 8.37. The Morgan fingerprint density at radius 2 is 1.88 bits per heavy atom. The zero-order chi connectivity index (χ0) is 17.1. The Labute approximate surface area is 146 Å². The van der Waals surface area contributed by atoms with Gasteiger partial charge in [0.25, 0.3) is 5.91 Å². The molecule has 0 atom stereocenters. The number of rotatable bonds is 4. The molecule has 0 saturated carbocycles. The third-order valence-electron chi connectivity index (χ3n) is 4.48. The Balaban J connectivity index is 1.67. The van der Waals surface area contributed by atoms with Crippen molar-refractivity contribution in [3.63, 3.8) is 0 Å². The maximum Gasteiger partial charge on any atom is 0.253 e. The van der Waals surface area contributed by atoms with Crippen molar-refractivity contribution in [1.82, 2.24) is 14.3 Å². The van der Waals surface area contributed by atoms with Gasteiger partial charge in [0.05, 0.1) is 0 Å². The molecule has 1 aliphatic heterocycles. The zero-order valence-electron chi connectivity index (χ0n) is 14.2. The summed E-state index contributed by atoms with van der Waals surface area (Å²) < 4.78 is 4.02. The highest BCUT2D eigenvalue weighted by Crippen LogP contribution is 2.21. The van der Waals surface area contributed by atoms with Crippen molar-refractivity contribution < 1.29 is 4.79 Å². The number of hydrogen-bond donors (Lipinski definition) is 1. The second-order valence-electron chi connectivity index (χ2n) is 5.90. The monoisotopic (exact) mass is 345 g/mol. The molecule has 1 saturated heterocycles. The number of aryl methyl sites for hydroxylation is 2. The summed E-state index contributed by atoms with van der Waals surface area (Å²) in [4.78, 5) is 21.0. The van der Waals surface area contributed by atoms with Crippen LogP contribution in [0, 0.1) is 0 Å². The van der Waals surface area contributed by atoms with Crippen LogP contribution in [0.15, 0.2) is 18.2 Å². The molecule has 2 N–H and O–H groups in total. The highest BCUT2D eigenvalue weighted by molar-refractivity contribution is 7.09. The van der Waals surface area contributed by atoms with Crippen molar-refractivity contribution in [2.24, 2.45) is 0 Å². The molecule has 1 fully saturated rings. The summed E-state index contributed by atoms with van der Waals surface area (Å²) in [6.07, 6.45) is 1.96. The summed E-state index contributed by atoms with van der Waals surface area (Å²) >= 11 is 1.31. The number of nitrogen functional groups attached to an aromatic ring is 1. The van der Waals surface area contributed by atoms with E-state index in [2.05, 4.69) is 40.2 Å². The van der Waals surface area contributed by atoms with Gasteiger partial charge in [-0.05, 0) is 36.1 Å². The summed E-state index contributed by atoms with van der Waals surface area (Å²) in [5.41, 5.74) is 8.97. The van der Waals surface area contributed by atoms with Gasteiger partial charge in [0, 0.05) is 43.3 Å². The fourth-order valence-corrected chi connectivity index (χ4v) is 3.72. The first kappa shape index (κ1) is 16.7. The van der Waals surface area contributed by atoms with Crippen LogP contribution in [0.5, 0.6) is 0 Å². The van der Waals surface area contributed by atoms with Gasteiger partial charge in [-0.15, -0.1) is 0 Å². The van der Waals surface area contributed by atoms with Gasteiger partial charge in [-0.2, -0.15) is 9.36 Å². The van der Waals surface area contributed by atoms with Gasteiger partial charge in [0.15, 0.2) is 0 Å². The molecule has 2 aromatic rings. The molecular formula is C17H23N5OS. The first-order valence-corrected chi connectivity index (χ1v) is 9.15. The van der Waals surface area contributed by atoms with E-state index in [1.165, 1.54) is 22.7 Å². The number of hydrogen-bond acceptors (Lipinski definition) is 6. The van der Waals surface area contributed by atoms with Crippen LogP contribution in [-0.4, -0.2) is 46.3 Å². The third kappa shape index (κ3) is 3.36. The lowest BCUT2D eigenvalue weighted by molar-refractivity contribution is 0.0746. The van der Waals surface area contributed by atoms with E-state index in [1.807, 2.05) is 11.0 Å². The smallest absolute Gasteiger partial charge is 0.253 e. The van der Waals surface area contributed by atoms with E-state index in [9.17, 15) is 4.79 Å². The van der Waals surface area contributed by atoms with Crippen LogP contribution in [0.1, 0.15) is 35.3 Å². The molecule has 0 radical (unpaired) electrons. The van der Waals surface area contributed by atoms with Gasteiger partial charge >= 0.3 is 0 Å². The molecule has 1 amide bonds. The molecule has 24 heavy (non-hydrogen) atoms. The average Bonchev–Trinajstić information content (AvgIpc) is 3.07. The molecular weight excluding hydrogens is 322 g/mol.